The van der Waals surface area contributed by atoms with Gasteiger partial charge in [0.1, 0.15) is 0 Å². The van der Waals surface area contributed by atoms with Crippen molar-refractivity contribution < 1.29 is 23.4 Å². The van der Waals surface area contributed by atoms with E-state index in [9.17, 15) is 18.6 Å². The van der Waals surface area contributed by atoms with E-state index >= 15 is 0 Å². The number of ether oxygens (including phenoxy) is 1. The summed E-state index contributed by atoms with van der Waals surface area (Å²) in [5.41, 5.74) is 8.78. The first-order valence-corrected chi connectivity index (χ1v) is 15.3. The molecule has 0 aromatic heterocycles. The Kier molecular flexibility index (Phi) is 10.7. The van der Waals surface area contributed by atoms with Gasteiger partial charge in [-0.1, -0.05) is 66.7 Å². The van der Waals surface area contributed by atoms with Crippen LogP contribution in [0.5, 0.6) is 11.5 Å². The van der Waals surface area contributed by atoms with Gasteiger partial charge in [0.25, 0.3) is 0 Å². The summed E-state index contributed by atoms with van der Waals surface area (Å²) in [5.74, 6) is 0.0372. The number of hydrogen-bond acceptors (Lipinski definition) is 9. The molecule has 0 spiro atoms. The third-order valence-corrected chi connectivity index (χ3v) is 8.95. The second-order valence-electron chi connectivity index (χ2n) is 10.5. The smallest absolute Gasteiger partial charge is 0.244 e. The molecule has 1 aliphatic rings. The van der Waals surface area contributed by atoms with Crippen LogP contribution in [0.15, 0.2) is 78.9 Å². The molecule has 4 unspecified atom stereocenters. The third-order valence-electron chi connectivity index (χ3n) is 7.41. The fourth-order valence-electron chi connectivity index (χ4n) is 5.00. The van der Waals surface area contributed by atoms with Crippen molar-refractivity contribution in [2.75, 3.05) is 40.3 Å². The molecule has 3 aromatic carbocycles. The summed E-state index contributed by atoms with van der Waals surface area (Å²) < 4.78 is 33.3. The predicted molar refractivity (Wildman–Crippen MR) is 160 cm³/mol. The van der Waals surface area contributed by atoms with Gasteiger partial charge in [0, 0.05) is 38.3 Å². The molecule has 6 N–H and O–H groups in total. The van der Waals surface area contributed by atoms with Gasteiger partial charge >= 0.3 is 0 Å². The highest BCUT2D eigenvalue weighted by Gasteiger charge is 2.36. The fourth-order valence-corrected chi connectivity index (χ4v) is 6.51. The van der Waals surface area contributed by atoms with Crippen LogP contribution < -0.4 is 20.6 Å². The van der Waals surface area contributed by atoms with Crippen molar-refractivity contribution in [2.24, 2.45) is 5.73 Å². The van der Waals surface area contributed by atoms with Gasteiger partial charge in [0.15, 0.2) is 16.9 Å². The van der Waals surface area contributed by atoms with Crippen molar-refractivity contribution in [1.82, 2.24) is 20.1 Å². The van der Waals surface area contributed by atoms with Gasteiger partial charge in [-0.2, -0.15) is 0 Å². The van der Waals surface area contributed by atoms with Crippen molar-refractivity contribution >= 4 is 10.0 Å². The lowest BCUT2D eigenvalue weighted by atomic mass is 9.93. The number of nitrogens with two attached hydrogens (primary N) is 1. The number of phenols is 1. The molecule has 1 heterocycles. The van der Waals surface area contributed by atoms with Gasteiger partial charge in [-0.25, -0.2) is 13.4 Å². The minimum atomic E-state index is -4.08. The van der Waals surface area contributed by atoms with Crippen molar-refractivity contribution in [2.45, 2.75) is 36.4 Å². The van der Waals surface area contributed by atoms with E-state index in [2.05, 4.69) is 15.0 Å². The minimum Gasteiger partial charge on any atom is -0.504 e. The Morgan fingerprint density at radius 1 is 0.927 bits per heavy atom. The molecule has 4 atom stereocenters. The number of nitrogens with zero attached hydrogens (tertiary/aromatic N) is 2. The third kappa shape index (κ3) is 8.49. The molecule has 0 bridgehead atoms. The largest absolute Gasteiger partial charge is 0.504 e. The Morgan fingerprint density at radius 2 is 1.51 bits per heavy atom. The summed E-state index contributed by atoms with van der Waals surface area (Å²) in [6.45, 7) is 2.49. The lowest BCUT2D eigenvalue weighted by molar-refractivity contribution is 0.0975. The van der Waals surface area contributed by atoms with E-state index in [1.807, 2.05) is 67.7 Å². The average Bonchev–Trinajstić information content (AvgIpc) is 2.97. The first kappa shape index (κ1) is 30.9. The number of likely N-dealkylation sites (N-methyl/N-ethyl adjacent to an activating group) is 1. The fraction of sp³-hybridized carbons (Fsp3) is 0.400. The highest BCUT2D eigenvalue weighted by molar-refractivity contribution is 7.89. The van der Waals surface area contributed by atoms with E-state index in [-0.39, 0.29) is 11.5 Å². The quantitative estimate of drug-likeness (QED) is 0.203. The zero-order chi connectivity index (χ0) is 29.4. The van der Waals surface area contributed by atoms with Gasteiger partial charge in [-0.05, 0) is 48.7 Å². The summed E-state index contributed by atoms with van der Waals surface area (Å²) in [6.07, 6.45) is -0.338. The number of rotatable bonds is 13. The first-order chi connectivity index (χ1) is 19.7. The van der Waals surface area contributed by atoms with Crippen LogP contribution in [0.4, 0.5) is 0 Å². The molecule has 4 rings (SSSR count). The van der Waals surface area contributed by atoms with E-state index in [0.717, 1.165) is 24.2 Å². The second-order valence-corrected chi connectivity index (χ2v) is 12.3. The van der Waals surface area contributed by atoms with Gasteiger partial charge < -0.3 is 25.6 Å². The Morgan fingerprint density at radius 3 is 2.10 bits per heavy atom. The molecular formula is C30H41N5O5S. The van der Waals surface area contributed by atoms with Crippen LogP contribution in [0.2, 0.25) is 0 Å². The molecule has 1 saturated heterocycles. The van der Waals surface area contributed by atoms with Crippen molar-refractivity contribution in [3.8, 4) is 11.5 Å². The minimum absolute atomic E-state index is 0.106. The van der Waals surface area contributed by atoms with E-state index in [1.165, 1.54) is 25.3 Å². The topological polar surface area (TPSA) is 140 Å². The average molecular weight is 584 g/mol. The van der Waals surface area contributed by atoms with Gasteiger partial charge in [0.05, 0.1) is 13.2 Å². The number of methoxy groups -OCH3 is 1. The number of aliphatic hydroxyl groups is 1. The van der Waals surface area contributed by atoms with Gasteiger partial charge in [0.2, 0.25) is 10.0 Å². The summed E-state index contributed by atoms with van der Waals surface area (Å²) in [7, 11) is -0.680. The first-order valence-electron chi connectivity index (χ1n) is 13.8. The molecule has 1 aliphatic heterocycles. The van der Waals surface area contributed by atoms with Gasteiger partial charge in [-0.3, -0.25) is 5.32 Å². The Labute approximate surface area is 242 Å². The van der Waals surface area contributed by atoms with Crippen LogP contribution in [0.1, 0.15) is 22.1 Å². The Hall–Kier alpha value is -3.03. The van der Waals surface area contributed by atoms with E-state index in [1.54, 1.807) is 5.01 Å². The molecule has 222 valence electrons. The predicted octanol–water partition coefficient (Wildman–Crippen LogP) is 1.61. The SMILES string of the molecule is COc1cc(C(NC(Cc2ccccc2)C(O)C(N)Cc2ccccc2)S(=O)(=O)NN2CCN(C)CC2)ccc1O. The van der Waals surface area contributed by atoms with Crippen LogP contribution in [0.3, 0.4) is 0 Å². The van der Waals surface area contributed by atoms with Crippen LogP contribution in [-0.2, 0) is 22.9 Å². The summed E-state index contributed by atoms with van der Waals surface area (Å²) in [4.78, 5) is 4.87. The van der Waals surface area contributed by atoms with Crippen LogP contribution in [0.25, 0.3) is 0 Å². The summed E-state index contributed by atoms with van der Waals surface area (Å²) >= 11 is 0. The standard InChI is InChI=1S/C30H41N5O5S/c1-34-15-17-35(18-16-34)33-41(38,39)30(24-13-14-27(36)28(21-24)40-2)32-26(20-23-11-7-4-8-12-23)29(37)25(31)19-22-9-5-3-6-10-22/h3-14,21,25-26,29-30,32-33,36-37H,15-20,31H2,1-2H3. The number of phenolic OH excluding ortho intramolecular Hbond substituents is 1. The lowest BCUT2D eigenvalue weighted by Gasteiger charge is -2.35. The normalized spacial score (nSPS) is 18.0. The number of piperazine rings is 1. The van der Waals surface area contributed by atoms with Crippen molar-refractivity contribution in [1.29, 1.82) is 0 Å². The zero-order valence-electron chi connectivity index (χ0n) is 23.6. The molecule has 0 amide bonds. The number of nitrogens with one attached hydrogen (secondary N) is 2. The maximum absolute atomic E-state index is 14.0. The summed E-state index contributed by atoms with van der Waals surface area (Å²) in [6, 6.07) is 22.2. The number of hydrogen-bond donors (Lipinski definition) is 5. The Bertz CT molecular complexity index is 1340. The van der Waals surface area contributed by atoms with Crippen LogP contribution >= 0.6 is 0 Å². The van der Waals surface area contributed by atoms with E-state index in [4.69, 9.17) is 10.5 Å². The van der Waals surface area contributed by atoms with Crippen LogP contribution in [0, 0.1) is 0 Å². The lowest BCUT2D eigenvalue weighted by Crippen LogP contribution is -2.57. The van der Waals surface area contributed by atoms with E-state index < -0.39 is 33.6 Å². The molecule has 10 nitrogen and oxygen atoms in total. The number of benzene rings is 3. The molecule has 0 radical (unpaired) electrons. The molecule has 3 aromatic rings. The van der Waals surface area contributed by atoms with Gasteiger partial charge in [-0.15, -0.1) is 4.83 Å². The molecule has 0 aliphatic carbocycles. The molecule has 11 heteroatoms. The monoisotopic (exact) mass is 583 g/mol. The second kappa shape index (κ2) is 14.2. The highest BCUT2D eigenvalue weighted by atomic mass is 32.2. The van der Waals surface area contributed by atoms with E-state index in [0.29, 0.717) is 31.5 Å². The zero-order valence-corrected chi connectivity index (χ0v) is 24.4. The Balaban J connectivity index is 1.67. The maximum atomic E-state index is 14.0. The number of hydrazine groups is 1. The number of sulfonamides is 1. The van der Waals surface area contributed by atoms with Crippen LogP contribution in [-0.4, -0.2) is 87.1 Å². The highest BCUT2D eigenvalue weighted by Crippen LogP contribution is 2.31. The van der Waals surface area contributed by atoms with Crippen molar-refractivity contribution in [3.05, 3.63) is 95.6 Å². The number of aromatic hydroxyl groups is 1. The molecule has 41 heavy (non-hydrogen) atoms. The van der Waals surface area contributed by atoms with Crippen molar-refractivity contribution in [3.63, 3.8) is 0 Å². The number of aliphatic hydroxyl groups excluding tert-OH is 1. The summed E-state index contributed by atoms with van der Waals surface area (Å²) in [5, 5.41) is 25.4. The maximum Gasteiger partial charge on any atom is 0.244 e. The molecular weight excluding hydrogens is 542 g/mol. The molecule has 0 saturated carbocycles. The molecule has 1 fully saturated rings.